The predicted molar refractivity (Wildman–Crippen MR) is 101 cm³/mol. The second kappa shape index (κ2) is 10.2. The Hall–Kier alpha value is -1.76. The van der Waals surface area contributed by atoms with Gasteiger partial charge in [0.05, 0.1) is 0 Å². The van der Waals surface area contributed by atoms with Crippen molar-refractivity contribution in [2.45, 2.75) is 46.3 Å². The Morgan fingerprint density at radius 1 is 1.33 bits per heavy atom. The number of hydrogen-bond acceptors (Lipinski definition) is 4. The van der Waals surface area contributed by atoms with E-state index in [0.717, 1.165) is 18.9 Å². The monoisotopic (exact) mass is 354 g/mol. The van der Waals surface area contributed by atoms with E-state index in [-0.39, 0.29) is 6.09 Å². The van der Waals surface area contributed by atoms with Crippen LogP contribution in [0, 0.1) is 0 Å². The van der Waals surface area contributed by atoms with Crippen molar-refractivity contribution in [1.82, 2.24) is 15.5 Å². The molecule has 7 heteroatoms. The number of guanidine groups is 1. The average molecular weight is 355 g/mol. The summed E-state index contributed by atoms with van der Waals surface area (Å²) in [6.45, 7) is 10.3. The van der Waals surface area contributed by atoms with Gasteiger partial charge in [0.15, 0.2) is 5.96 Å². The molecule has 6 nitrogen and oxygen atoms in total. The van der Waals surface area contributed by atoms with Gasteiger partial charge < -0.3 is 20.3 Å². The van der Waals surface area contributed by atoms with Gasteiger partial charge >= 0.3 is 6.09 Å². The summed E-state index contributed by atoms with van der Waals surface area (Å²) < 4.78 is 5.45. The quantitative estimate of drug-likeness (QED) is 0.583. The summed E-state index contributed by atoms with van der Waals surface area (Å²) >= 11 is 1.68. The highest BCUT2D eigenvalue weighted by Crippen LogP contribution is 2.10. The molecule has 0 saturated carbocycles. The van der Waals surface area contributed by atoms with Crippen LogP contribution in [0.15, 0.2) is 21.8 Å². The van der Waals surface area contributed by atoms with E-state index in [1.165, 1.54) is 5.56 Å². The van der Waals surface area contributed by atoms with Gasteiger partial charge in [-0.2, -0.15) is 11.3 Å². The molecule has 24 heavy (non-hydrogen) atoms. The molecule has 0 aliphatic rings. The smallest absolute Gasteiger partial charge is 0.410 e. The highest BCUT2D eigenvalue weighted by Gasteiger charge is 2.21. The number of nitrogens with zero attached hydrogens (tertiary/aromatic N) is 2. The topological polar surface area (TPSA) is 66.0 Å². The number of thiophene rings is 1. The molecule has 2 N–H and O–H groups in total. The normalized spacial score (nSPS) is 12.0. The van der Waals surface area contributed by atoms with Crippen LogP contribution in [-0.4, -0.2) is 49.2 Å². The molecule has 0 radical (unpaired) electrons. The van der Waals surface area contributed by atoms with Crippen molar-refractivity contribution >= 4 is 23.4 Å². The fourth-order valence-corrected chi connectivity index (χ4v) is 2.67. The van der Waals surface area contributed by atoms with E-state index in [1.807, 2.05) is 27.7 Å². The fraction of sp³-hybridized carbons (Fsp3) is 0.647. The lowest BCUT2D eigenvalue weighted by molar-refractivity contribution is 0.0253. The third kappa shape index (κ3) is 8.19. The molecule has 0 aliphatic carbocycles. The molecule has 0 saturated heterocycles. The second-order valence-electron chi connectivity index (χ2n) is 6.45. The highest BCUT2D eigenvalue weighted by atomic mass is 32.1. The number of amides is 1. The Balaban J connectivity index is 2.40. The first-order valence-corrected chi connectivity index (χ1v) is 9.23. The molecule has 0 bridgehead atoms. The van der Waals surface area contributed by atoms with Gasteiger partial charge in [-0.15, -0.1) is 0 Å². The van der Waals surface area contributed by atoms with Crippen LogP contribution < -0.4 is 10.6 Å². The van der Waals surface area contributed by atoms with E-state index in [9.17, 15) is 4.79 Å². The Labute approximate surface area is 149 Å². The molecule has 0 aliphatic heterocycles. The molecule has 0 aromatic carbocycles. The van der Waals surface area contributed by atoms with Crippen molar-refractivity contribution in [3.8, 4) is 0 Å². The van der Waals surface area contributed by atoms with Crippen LogP contribution in [0.3, 0.4) is 0 Å². The highest BCUT2D eigenvalue weighted by molar-refractivity contribution is 7.07. The molecule has 136 valence electrons. The van der Waals surface area contributed by atoms with Crippen LogP contribution in [0.2, 0.25) is 0 Å². The molecule has 0 spiro atoms. The lowest BCUT2D eigenvalue weighted by Gasteiger charge is -2.27. The lowest BCUT2D eigenvalue weighted by Crippen LogP contribution is -2.44. The van der Waals surface area contributed by atoms with Gasteiger partial charge in [-0.1, -0.05) is 6.92 Å². The molecular formula is C17H30N4O2S. The van der Waals surface area contributed by atoms with Crippen molar-refractivity contribution < 1.29 is 9.53 Å². The molecule has 0 fully saturated rings. The largest absolute Gasteiger partial charge is 0.444 e. The molecule has 0 unspecified atom stereocenters. The zero-order valence-corrected chi connectivity index (χ0v) is 16.2. The standard InChI is InChI=1S/C17H30N4O2S/c1-6-9-21(16(22)23-17(2,3)4)10-8-19-15(18-5)20-12-14-7-11-24-13-14/h7,11,13H,6,8-10,12H2,1-5H3,(H2,18,19,20). The Bertz CT molecular complexity index is 509. The number of rotatable bonds is 7. The molecular weight excluding hydrogens is 324 g/mol. The summed E-state index contributed by atoms with van der Waals surface area (Å²) in [6.07, 6.45) is 0.622. The van der Waals surface area contributed by atoms with E-state index in [1.54, 1.807) is 23.3 Å². The molecule has 1 rings (SSSR count). The molecule has 1 heterocycles. The molecule has 1 aromatic heterocycles. The minimum absolute atomic E-state index is 0.271. The first-order chi connectivity index (χ1) is 11.4. The predicted octanol–water partition coefficient (Wildman–Crippen LogP) is 3.06. The minimum Gasteiger partial charge on any atom is -0.444 e. The first kappa shape index (κ1) is 20.3. The molecule has 0 atom stereocenters. The summed E-state index contributed by atoms with van der Waals surface area (Å²) in [7, 11) is 1.74. The SMILES string of the molecule is CCCN(CCNC(=NC)NCc1ccsc1)C(=O)OC(C)(C)C. The number of aliphatic imine (C=N–C) groups is 1. The number of hydrogen-bond donors (Lipinski definition) is 2. The first-order valence-electron chi connectivity index (χ1n) is 8.29. The van der Waals surface area contributed by atoms with Crippen LogP contribution in [0.25, 0.3) is 0 Å². The van der Waals surface area contributed by atoms with Crippen molar-refractivity contribution in [3.05, 3.63) is 22.4 Å². The third-order valence-corrected chi connectivity index (χ3v) is 3.82. The van der Waals surface area contributed by atoms with Gasteiger partial charge in [-0.3, -0.25) is 4.99 Å². The van der Waals surface area contributed by atoms with Gasteiger partial charge in [0.2, 0.25) is 0 Å². The zero-order valence-electron chi connectivity index (χ0n) is 15.4. The van der Waals surface area contributed by atoms with Crippen LogP contribution in [0.1, 0.15) is 39.7 Å². The summed E-state index contributed by atoms with van der Waals surface area (Å²) in [6, 6.07) is 2.08. The van der Waals surface area contributed by atoms with E-state index < -0.39 is 5.60 Å². The summed E-state index contributed by atoms with van der Waals surface area (Å²) in [4.78, 5) is 18.1. The van der Waals surface area contributed by atoms with E-state index in [4.69, 9.17) is 4.74 Å². The number of carbonyl (C=O) groups excluding carboxylic acids is 1. The van der Waals surface area contributed by atoms with Gasteiger partial charge in [-0.25, -0.2) is 4.79 Å². The van der Waals surface area contributed by atoms with Gasteiger partial charge in [-0.05, 0) is 49.6 Å². The molecule has 1 aromatic rings. The fourth-order valence-electron chi connectivity index (χ4n) is 2.00. The van der Waals surface area contributed by atoms with Crippen LogP contribution in [0.5, 0.6) is 0 Å². The van der Waals surface area contributed by atoms with Crippen molar-refractivity contribution in [2.75, 3.05) is 26.7 Å². The summed E-state index contributed by atoms with van der Waals surface area (Å²) in [5, 5.41) is 10.6. The number of carbonyl (C=O) groups is 1. The maximum atomic E-state index is 12.2. The van der Waals surface area contributed by atoms with Crippen molar-refractivity contribution in [3.63, 3.8) is 0 Å². The number of ether oxygens (including phenoxy) is 1. The second-order valence-corrected chi connectivity index (χ2v) is 7.23. The van der Waals surface area contributed by atoms with Gasteiger partial charge in [0, 0.05) is 33.2 Å². The average Bonchev–Trinajstić information content (AvgIpc) is 3.01. The van der Waals surface area contributed by atoms with E-state index >= 15 is 0 Å². The maximum Gasteiger partial charge on any atom is 0.410 e. The minimum atomic E-state index is -0.478. The van der Waals surface area contributed by atoms with E-state index in [0.29, 0.717) is 19.6 Å². The van der Waals surface area contributed by atoms with Crippen molar-refractivity contribution in [2.24, 2.45) is 4.99 Å². The maximum absolute atomic E-state index is 12.2. The Morgan fingerprint density at radius 2 is 2.08 bits per heavy atom. The van der Waals surface area contributed by atoms with Crippen LogP contribution in [0.4, 0.5) is 4.79 Å². The Kier molecular flexibility index (Phi) is 8.60. The van der Waals surface area contributed by atoms with E-state index in [2.05, 4.69) is 32.5 Å². The van der Waals surface area contributed by atoms with Crippen LogP contribution in [-0.2, 0) is 11.3 Å². The third-order valence-electron chi connectivity index (χ3n) is 3.08. The van der Waals surface area contributed by atoms with Crippen LogP contribution >= 0.6 is 11.3 Å². The lowest BCUT2D eigenvalue weighted by atomic mass is 10.2. The summed E-state index contributed by atoms with van der Waals surface area (Å²) in [5.74, 6) is 0.724. The van der Waals surface area contributed by atoms with Gasteiger partial charge in [0.25, 0.3) is 0 Å². The zero-order chi connectivity index (χ0) is 18.0. The molecule has 1 amide bonds. The number of nitrogens with one attached hydrogen (secondary N) is 2. The Morgan fingerprint density at radius 3 is 2.62 bits per heavy atom. The summed E-state index contributed by atoms with van der Waals surface area (Å²) in [5.41, 5.74) is 0.749. The van der Waals surface area contributed by atoms with Crippen molar-refractivity contribution in [1.29, 1.82) is 0 Å². The van der Waals surface area contributed by atoms with Gasteiger partial charge in [0.1, 0.15) is 5.60 Å².